The highest BCUT2D eigenvalue weighted by atomic mass is 16.6. The molecule has 1 atom stereocenters. The largest absolute Gasteiger partial charge is 0.497 e. The molecule has 0 spiro atoms. The second kappa shape index (κ2) is 7.58. The Morgan fingerprint density at radius 1 is 1.28 bits per heavy atom. The molecule has 0 radical (unpaired) electrons. The summed E-state index contributed by atoms with van der Waals surface area (Å²) in [7, 11) is 2.96. The molecule has 1 rings (SSSR count). The monoisotopic (exact) mass is 252 g/mol. The van der Waals surface area contributed by atoms with Gasteiger partial charge in [0.15, 0.2) is 6.10 Å². The van der Waals surface area contributed by atoms with E-state index in [9.17, 15) is 4.79 Å². The number of hydrogen-bond acceptors (Lipinski definition) is 4. The Kier molecular flexibility index (Phi) is 6.05. The van der Waals surface area contributed by atoms with Crippen LogP contribution in [0, 0.1) is 0 Å². The number of unbranched alkanes of at least 4 members (excludes halogenated alkanes) is 1. The van der Waals surface area contributed by atoms with E-state index in [2.05, 4.69) is 6.92 Å². The minimum Gasteiger partial charge on any atom is -0.497 e. The number of carbonyl (C=O) groups is 1. The Labute approximate surface area is 108 Å². The molecule has 0 N–H and O–H groups in total. The summed E-state index contributed by atoms with van der Waals surface area (Å²) in [6, 6.07) is 7.20. The molecule has 0 saturated heterocycles. The van der Waals surface area contributed by atoms with Gasteiger partial charge in [0, 0.05) is 6.07 Å². The average Bonchev–Trinajstić information content (AvgIpc) is 2.42. The topological polar surface area (TPSA) is 44.8 Å². The Balaban J connectivity index is 2.71. The lowest BCUT2D eigenvalue weighted by Crippen LogP contribution is -2.28. The summed E-state index contributed by atoms with van der Waals surface area (Å²) in [5, 5.41) is 0. The third-order valence-electron chi connectivity index (χ3n) is 2.60. The summed E-state index contributed by atoms with van der Waals surface area (Å²) < 4.78 is 15.5. The molecular weight excluding hydrogens is 232 g/mol. The zero-order valence-corrected chi connectivity index (χ0v) is 11.1. The van der Waals surface area contributed by atoms with E-state index in [1.165, 1.54) is 7.11 Å². The molecule has 0 aliphatic heterocycles. The third-order valence-corrected chi connectivity index (χ3v) is 2.60. The van der Waals surface area contributed by atoms with Crippen molar-refractivity contribution in [2.45, 2.75) is 32.3 Å². The summed E-state index contributed by atoms with van der Waals surface area (Å²) >= 11 is 0. The highest BCUT2D eigenvalue weighted by Gasteiger charge is 2.20. The van der Waals surface area contributed by atoms with Gasteiger partial charge in [0.25, 0.3) is 0 Å². The van der Waals surface area contributed by atoms with Gasteiger partial charge >= 0.3 is 5.97 Å². The molecule has 0 heterocycles. The van der Waals surface area contributed by atoms with Crippen molar-refractivity contribution < 1.29 is 19.0 Å². The van der Waals surface area contributed by atoms with E-state index < -0.39 is 6.10 Å². The first-order chi connectivity index (χ1) is 8.71. The Hall–Kier alpha value is -1.71. The first-order valence-corrected chi connectivity index (χ1v) is 6.09. The van der Waals surface area contributed by atoms with E-state index in [1.807, 2.05) is 12.1 Å². The molecule has 0 fully saturated rings. The second-order valence-corrected chi connectivity index (χ2v) is 3.95. The molecule has 1 aromatic rings. The van der Waals surface area contributed by atoms with E-state index in [0.29, 0.717) is 17.9 Å². The lowest BCUT2D eigenvalue weighted by molar-refractivity contribution is -0.149. The van der Waals surface area contributed by atoms with Crippen LogP contribution in [0.25, 0.3) is 0 Å². The molecule has 1 aromatic carbocycles. The van der Waals surface area contributed by atoms with Crippen LogP contribution in [-0.2, 0) is 9.53 Å². The highest BCUT2D eigenvalue weighted by molar-refractivity contribution is 5.74. The van der Waals surface area contributed by atoms with Crippen LogP contribution in [0.5, 0.6) is 11.5 Å². The fraction of sp³-hybridized carbons (Fsp3) is 0.500. The number of esters is 1. The quantitative estimate of drug-likeness (QED) is 0.700. The fourth-order valence-electron chi connectivity index (χ4n) is 1.58. The first-order valence-electron chi connectivity index (χ1n) is 6.09. The summed E-state index contributed by atoms with van der Waals surface area (Å²) in [6.07, 6.45) is 2.03. The van der Waals surface area contributed by atoms with Gasteiger partial charge in [-0.15, -0.1) is 0 Å². The van der Waals surface area contributed by atoms with Crippen molar-refractivity contribution in [1.82, 2.24) is 0 Å². The van der Waals surface area contributed by atoms with Crippen molar-refractivity contribution in [3.63, 3.8) is 0 Å². The SMILES string of the molecule is CCCCC(Oc1cccc(OC)c1)C(=O)OC. The molecule has 0 aromatic heterocycles. The zero-order valence-electron chi connectivity index (χ0n) is 11.1. The van der Waals surface area contributed by atoms with E-state index >= 15 is 0 Å². The average molecular weight is 252 g/mol. The van der Waals surface area contributed by atoms with Crippen LogP contribution >= 0.6 is 0 Å². The van der Waals surface area contributed by atoms with Crippen LogP contribution in [0.1, 0.15) is 26.2 Å². The van der Waals surface area contributed by atoms with Gasteiger partial charge in [-0.05, 0) is 25.0 Å². The summed E-state index contributed by atoms with van der Waals surface area (Å²) in [5.74, 6) is 0.971. The molecule has 1 unspecified atom stereocenters. The smallest absolute Gasteiger partial charge is 0.347 e. The maximum Gasteiger partial charge on any atom is 0.347 e. The van der Waals surface area contributed by atoms with Crippen LogP contribution < -0.4 is 9.47 Å². The fourth-order valence-corrected chi connectivity index (χ4v) is 1.58. The third kappa shape index (κ3) is 4.28. The van der Waals surface area contributed by atoms with E-state index in [0.717, 1.165) is 12.8 Å². The van der Waals surface area contributed by atoms with Crippen LogP contribution in [0.4, 0.5) is 0 Å². The highest BCUT2D eigenvalue weighted by Crippen LogP contribution is 2.21. The maximum absolute atomic E-state index is 11.6. The van der Waals surface area contributed by atoms with Gasteiger partial charge in [-0.3, -0.25) is 0 Å². The van der Waals surface area contributed by atoms with E-state index in [1.54, 1.807) is 19.2 Å². The number of benzene rings is 1. The maximum atomic E-state index is 11.6. The predicted molar refractivity (Wildman–Crippen MR) is 69.0 cm³/mol. The van der Waals surface area contributed by atoms with Crippen molar-refractivity contribution >= 4 is 5.97 Å². The van der Waals surface area contributed by atoms with Crippen LogP contribution in [0.15, 0.2) is 24.3 Å². The predicted octanol–water partition coefficient (Wildman–Crippen LogP) is 2.81. The van der Waals surface area contributed by atoms with Crippen molar-refractivity contribution in [2.75, 3.05) is 14.2 Å². The number of methoxy groups -OCH3 is 2. The Morgan fingerprint density at radius 3 is 2.61 bits per heavy atom. The normalized spacial score (nSPS) is 11.7. The summed E-state index contributed by atoms with van der Waals surface area (Å²) in [4.78, 5) is 11.6. The van der Waals surface area contributed by atoms with E-state index in [4.69, 9.17) is 14.2 Å². The molecule has 0 aliphatic carbocycles. The Morgan fingerprint density at radius 2 is 2.00 bits per heavy atom. The summed E-state index contributed by atoms with van der Waals surface area (Å²) in [6.45, 7) is 2.07. The summed E-state index contributed by atoms with van der Waals surface area (Å²) in [5.41, 5.74) is 0. The van der Waals surface area contributed by atoms with Gasteiger partial charge in [-0.2, -0.15) is 0 Å². The standard InChI is InChI=1S/C14H20O4/c1-4-5-9-13(14(15)17-3)18-12-8-6-7-11(10-12)16-2/h6-8,10,13H,4-5,9H2,1-3H3. The van der Waals surface area contributed by atoms with E-state index in [-0.39, 0.29) is 5.97 Å². The van der Waals surface area contributed by atoms with Crippen LogP contribution in [-0.4, -0.2) is 26.3 Å². The number of rotatable bonds is 7. The minimum atomic E-state index is -0.554. The van der Waals surface area contributed by atoms with Crippen molar-refractivity contribution in [3.8, 4) is 11.5 Å². The van der Waals surface area contributed by atoms with Gasteiger partial charge in [0.2, 0.25) is 0 Å². The molecule has 0 amide bonds. The molecule has 0 bridgehead atoms. The van der Waals surface area contributed by atoms with Gasteiger partial charge in [-0.1, -0.05) is 19.4 Å². The number of carbonyl (C=O) groups excluding carboxylic acids is 1. The molecule has 4 nitrogen and oxygen atoms in total. The van der Waals surface area contributed by atoms with Gasteiger partial charge in [0.1, 0.15) is 11.5 Å². The number of ether oxygens (including phenoxy) is 3. The molecule has 18 heavy (non-hydrogen) atoms. The molecular formula is C14H20O4. The van der Waals surface area contributed by atoms with Gasteiger partial charge in [0.05, 0.1) is 14.2 Å². The van der Waals surface area contributed by atoms with Crippen molar-refractivity contribution in [1.29, 1.82) is 0 Å². The first kappa shape index (κ1) is 14.4. The second-order valence-electron chi connectivity index (χ2n) is 3.95. The molecule has 0 saturated carbocycles. The van der Waals surface area contributed by atoms with Crippen molar-refractivity contribution in [3.05, 3.63) is 24.3 Å². The molecule has 4 heteroatoms. The van der Waals surface area contributed by atoms with Crippen LogP contribution in [0.2, 0.25) is 0 Å². The molecule has 0 aliphatic rings. The zero-order chi connectivity index (χ0) is 13.4. The number of hydrogen-bond donors (Lipinski definition) is 0. The van der Waals surface area contributed by atoms with Gasteiger partial charge in [-0.25, -0.2) is 4.79 Å². The molecule has 100 valence electrons. The van der Waals surface area contributed by atoms with Crippen molar-refractivity contribution in [2.24, 2.45) is 0 Å². The minimum absolute atomic E-state index is 0.341. The lowest BCUT2D eigenvalue weighted by Gasteiger charge is -2.17. The van der Waals surface area contributed by atoms with Gasteiger partial charge < -0.3 is 14.2 Å². The Bertz CT molecular complexity index is 376. The van der Waals surface area contributed by atoms with Crippen LogP contribution in [0.3, 0.4) is 0 Å². The lowest BCUT2D eigenvalue weighted by atomic mass is 10.1.